The lowest BCUT2D eigenvalue weighted by Gasteiger charge is -2.19. The Balaban J connectivity index is 0.000000157. The van der Waals surface area contributed by atoms with Gasteiger partial charge in [-0.25, -0.2) is 29.9 Å². The zero-order valence-electron chi connectivity index (χ0n) is 27.6. The van der Waals surface area contributed by atoms with Gasteiger partial charge in [0, 0.05) is 102 Å². The van der Waals surface area contributed by atoms with Gasteiger partial charge in [-0.1, -0.05) is 0 Å². The Bertz CT molecular complexity index is 2100. The minimum Gasteiger partial charge on any atom is -0.375 e. The highest BCUT2D eigenvalue weighted by molar-refractivity contribution is 9.10. The van der Waals surface area contributed by atoms with Crippen molar-refractivity contribution < 1.29 is 9.59 Å². The van der Waals surface area contributed by atoms with Gasteiger partial charge < -0.3 is 34.1 Å². The summed E-state index contributed by atoms with van der Waals surface area (Å²) in [5.74, 6) is 1.78. The molecule has 2 N–H and O–H groups in total. The molecular weight excluding hydrogens is 702 g/mol. The van der Waals surface area contributed by atoms with E-state index in [0.29, 0.717) is 0 Å². The first kappa shape index (κ1) is 32.9. The maximum atomic E-state index is 12.4. The van der Waals surface area contributed by atoms with E-state index in [4.69, 9.17) is 0 Å². The minimum absolute atomic E-state index is 0.0524. The van der Waals surface area contributed by atoms with Crippen LogP contribution >= 0.6 is 15.9 Å². The van der Waals surface area contributed by atoms with E-state index in [0.717, 1.165) is 71.8 Å². The predicted molar refractivity (Wildman–Crippen MR) is 193 cm³/mol. The summed E-state index contributed by atoms with van der Waals surface area (Å²) < 4.78 is 4.84. The molecule has 2 aliphatic heterocycles. The van der Waals surface area contributed by atoms with Crippen molar-refractivity contribution in [3.63, 3.8) is 0 Å². The summed E-state index contributed by atoms with van der Waals surface area (Å²) in [5.41, 5.74) is 3.00. The van der Waals surface area contributed by atoms with Gasteiger partial charge in [-0.2, -0.15) is 0 Å². The van der Waals surface area contributed by atoms with Gasteiger partial charge in [-0.15, -0.1) is 0 Å². The van der Waals surface area contributed by atoms with Crippen LogP contribution in [0.25, 0.3) is 11.0 Å². The van der Waals surface area contributed by atoms with Crippen LogP contribution in [0.5, 0.6) is 0 Å². The van der Waals surface area contributed by atoms with Crippen molar-refractivity contribution in [2.75, 3.05) is 55.0 Å². The average Bonchev–Trinajstić information content (AvgIpc) is 3.96. The second kappa shape index (κ2) is 14.5. The van der Waals surface area contributed by atoms with Crippen molar-refractivity contribution in [1.29, 1.82) is 0 Å². The second-order valence-corrected chi connectivity index (χ2v) is 13.2. The molecule has 6 aromatic rings. The van der Waals surface area contributed by atoms with E-state index in [1.807, 2.05) is 76.8 Å². The standard InChI is InChI=1S/C18H21N7O.C16H15BrN6O/c1-23(2)14-10-20-16(21-11-14)18(26)22-13-5-8-25(12-13)17-15-4-3-7-24(15)9-6-19-17;17-11-8-19-14(20-9-11)16(24)21-12-3-6-23(10-12)15-13-2-1-5-22(13)7-4-18-15/h3-4,6-7,9-11,13H,5,8,12H2,1-2H3,(H,22,26);1-2,4-5,7-9,12H,3,6,10H2,(H,21,24)/t13-;12-/m00/s1. The van der Waals surface area contributed by atoms with E-state index in [-0.39, 0.29) is 35.5 Å². The molecule has 0 aromatic carbocycles. The largest absolute Gasteiger partial charge is 0.375 e. The number of anilines is 3. The summed E-state index contributed by atoms with van der Waals surface area (Å²) >= 11 is 3.26. The second-order valence-electron chi connectivity index (χ2n) is 12.3. The first-order valence-electron chi connectivity index (χ1n) is 16.2. The lowest BCUT2D eigenvalue weighted by Crippen LogP contribution is -2.38. The molecule has 0 spiro atoms. The molecule has 16 heteroatoms. The molecule has 0 aliphatic carbocycles. The van der Waals surface area contributed by atoms with Crippen LogP contribution < -0.4 is 25.3 Å². The summed E-state index contributed by atoms with van der Waals surface area (Å²) in [4.78, 5) is 56.4. The van der Waals surface area contributed by atoms with Crippen molar-refractivity contribution in [3.05, 3.63) is 102 Å². The van der Waals surface area contributed by atoms with Gasteiger partial charge in [0.1, 0.15) is 0 Å². The molecule has 0 bridgehead atoms. The number of aromatic nitrogens is 8. The Morgan fingerprint density at radius 1 is 0.700 bits per heavy atom. The molecule has 50 heavy (non-hydrogen) atoms. The highest BCUT2D eigenvalue weighted by atomic mass is 79.9. The number of hydrogen-bond acceptors (Lipinski definition) is 11. The van der Waals surface area contributed by atoms with Crippen LogP contribution in [-0.2, 0) is 0 Å². The average molecular weight is 739 g/mol. The number of carbonyl (C=O) groups is 2. The Labute approximate surface area is 296 Å². The zero-order valence-corrected chi connectivity index (χ0v) is 29.2. The van der Waals surface area contributed by atoms with E-state index in [1.54, 1.807) is 37.2 Å². The third kappa shape index (κ3) is 7.19. The van der Waals surface area contributed by atoms with E-state index in [9.17, 15) is 9.59 Å². The third-order valence-electron chi connectivity index (χ3n) is 8.69. The monoisotopic (exact) mass is 737 g/mol. The summed E-state index contributed by atoms with van der Waals surface area (Å²) in [5, 5.41) is 6.03. The predicted octanol–water partition coefficient (Wildman–Crippen LogP) is 3.09. The minimum atomic E-state index is -0.247. The zero-order chi connectivity index (χ0) is 34.6. The topological polar surface area (TPSA) is 154 Å². The van der Waals surface area contributed by atoms with Crippen molar-refractivity contribution in [2.24, 2.45) is 0 Å². The number of rotatable bonds is 7. The number of fused-ring (bicyclic) bond motifs is 2. The molecule has 2 fully saturated rings. The van der Waals surface area contributed by atoms with E-state index in [1.165, 1.54) is 0 Å². The van der Waals surface area contributed by atoms with Crippen LogP contribution in [0.4, 0.5) is 17.3 Å². The fourth-order valence-electron chi connectivity index (χ4n) is 6.14. The number of nitrogens with one attached hydrogen (secondary N) is 2. The smallest absolute Gasteiger partial charge is 0.289 e. The fourth-order valence-corrected chi connectivity index (χ4v) is 6.34. The number of hydrogen-bond donors (Lipinski definition) is 2. The van der Waals surface area contributed by atoms with Crippen LogP contribution in [0, 0.1) is 0 Å². The molecule has 6 aromatic heterocycles. The highest BCUT2D eigenvalue weighted by Crippen LogP contribution is 2.25. The summed E-state index contributed by atoms with van der Waals surface area (Å²) in [6, 6.07) is 8.21. The van der Waals surface area contributed by atoms with Crippen LogP contribution in [0.15, 0.2) is 90.7 Å². The van der Waals surface area contributed by atoms with Gasteiger partial charge in [-0.05, 0) is 53.0 Å². The van der Waals surface area contributed by atoms with Crippen molar-refractivity contribution in [1.82, 2.24) is 49.3 Å². The maximum Gasteiger partial charge on any atom is 0.289 e. The summed E-state index contributed by atoms with van der Waals surface area (Å²) in [6.07, 6.45) is 19.6. The lowest BCUT2D eigenvalue weighted by molar-refractivity contribution is 0.0921. The molecule has 2 amide bonds. The van der Waals surface area contributed by atoms with Crippen LogP contribution in [0.1, 0.15) is 34.1 Å². The normalized spacial score (nSPS) is 17.1. The molecule has 256 valence electrons. The Kier molecular flexibility index (Phi) is 9.51. The van der Waals surface area contributed by atoms with Crippen LogP contribution in [0.3, 0.4) is 0 Å². The first-order chi connectivity index (χ1) is 24.3. The van der Waals surface area contributed by atoms with Gasteiger partial charge >= 0.3 is 0 Å². The third-order valence-corrected chi connectivity index (χ3v) is 9.10. The lowest BCUT2D eigenvalue weighted by atomic mass is 10.2. The van der Waals surface area contributed by atoms with Gasteiger partial charge in [0.2, 0.25) is 11.6 Å². The first-order valence-corrected chi connectivity index (χ1v) is 17.0. The number of carbonyl (C=O) groups excluding carboxylic acids is 2. The van der Waals surface area contributed by atoms with Gasteiger partial charge in [-0.3, -0.25) is 9.59 Å². The Morgan fingerprint density at radius 3 is 1.62 bits per heavy atom. The van der Waals surface area contributed by atoms with Gasteiger partial charge in [0.15, 0.2) is 11.6 Å². The van der Waals surface area contributed by atoms with Crippen molar-refractivity contribution in [3.8, 4) is 0 Å². The van der Waals surface area contributed by atoms with Crippen LogP contribution in [-0.4, -0.2) is 103 Å². The summed E-state index contributed by atoms with van der Waals surface area (Å²) in [7, 11) is 3.82. The number of amides is 2. The number of nitrogens with zero attached hydrogens (tertiary/aromatic N) is 11. The molecule has 15 nitrogen and oxygen atoms in total. The van der Waals surface area contributed by atoms with E-state index < -0.39 is 0 Å². The van der Waals surface area contributed by atoms with Crippen molar-refractivity contribution in [2.45, 2.75) is 24.9 Å². The Morgan fingerprint density at radius 2 is 1.16 bits per heavy atom. The van der Waals surface area contributed by atoms with Gasteiger partial charge in [0.05, 0.1) is 33.6 Å². The molecule has 0 saturated carbocycles. The van der Waals surface area contributed by atoms with Gasteiger partial charge in [0.25, 0.3) is 11.8 Å². The quantitative estimate of drug-likeness (QED) is 0.249. The highest BCUT2D eigenvalue weighted by Gasteiger charge is 2.28. The van der Waals surface area contributed by atoms with E-state index >= 15 is 0 Å². The maximum absolute atomic E-state index is 12.4. The molecule has 8 rings (SSSR count). The molecule has 2 saturated heterocycles. The Hall–Kier alpha value is -5.64. The van der Waals surface area contributed by atoms with Crippen LogP contribution in [0.2, 0.25) is 0 Å². The molecule has 0 unspecified atom stereocenters. The molecule has 0 radical (unpaired) electrons. The molecule has 2 atom stereocenters. The molecule has 8 heterocycles. The molecule has 2 aliphatic rings. The number of halogens is 1. The fraction of sp³-hybridized carbons (Fsp3) is 0.294. The summed E-state index contributed by atoms with van der Waals surface area (Å²) in [6.45, 7) is 3.15. The van der Waals surface area contributed by atoms with E-state index in [2.05, 4.69) is 66.3 Å². The van der Waals surface area contributed by atoms with Crippen molar-refractivity contribution >= 4 is 56.1 Å². The SMILES string of the molecule is CN(C)c1cnc(C(=O)N[C@H]2CCN(c3nccn4cccc34)C2)nc1.O=C(N[C@H]1CCN(c2nccn3cccc23)C1)c1ncc(Br)cn1. The molecular formula is C34H36BrN13O2.